The van der Waals surface area contributed by atoms with Gasteiger partial charge >= 0.3 is 0 Å². The number of carbonyl (C=O) groups excluding carboxylic acids is 1. The van der Waals surface area contributed by atoms with Crippen molar-refractivity contribution >= 4 is 11.6 Å². The van der Waals surface area contributed by atoms with Gasteiger partial charge in [0.2, 0.25) is 0 Å². The van der Waals surface area contributed by atoms with Gasteiger partial charge < -0.3 is 9.88 Å². The van der Waals surface area contributed by atoms with Crippen LogP contribution in [0.4, 0.5) is 5.69 Å². The van der Waals surface area contributed by atoms with Crippen molar-refractivity contribution in [1.82, 2.24) is 14.3 Å². The summed E-state index contributed by atoms with van der Waals surface area (Å²) in [5, 5.41) is 7.02. The van der Waals surface area contributed by atoms with Crippen LogP contribution < -0.4 is 5.32 Å². The third-order valence-electron chi connectivity index (χ3n) is 3.29. The van der Waals surface area contributed by atoms with Crippen molar-refractivity contribution in [2.24, 2.45) is 7.05 Å². The molecule has 1 amide bonds. The van der Waals surface area contributed by atoms with Crippen molar-refractivity contribution in [3.63, 3.8) is 0 Å². The van der Waals surface area contributed by atoms with E-state index in [1.165, 1.54) is 0 Å². The number of aryl methyl sites for hydroxylation is 1. The first kappa shape index (κ1) is 13.7. The minimum Gasteiger partial charge on any atom is -0.322 e. The molecule has 108 valence electrons. The Kier molecular flexibility index (Phi) is 3.50. The number of rotatable bonds is 3. The van der Waals surface area contributed by atoms with E-state index in [2.05, 4.69) is 16.3 Å². The Labute approximate surface area is 128 Å². The predicted molar refractivity (Wildman–Crippen MR) is 84.9 cm³/mol. The zero-order valence-electron chi connectivity index (χ0n) is 12.0. The third-order valence-corrected chi connectivity index (χ3v) is 3.29. The topological polar surface area (TPSA) is 51.9 Å². The molecule has 0 unspecified atom stereocenters. The molecule has 3 aromatic rings. The number of amides is 1. The van der Waals surface area contributed by atoms with Gasteiger partial charge in [0.15, 0.2) is 0 Å². The molecule has 0 aliphatic rings. The molecule has 0 spiro atoms. The molecular formula is C17H14N4O. The van der Waals surface area contributed by atoms with Crippen LogP contribution in [0.2, 0.25) is 0 Å². The van der Waals surface area contributed by atoms with E-state index in [0.29, 0.717) is 17.1 Å². The third kappa shape index (κ3) is 2.50. The first-order valence-corrected chi connectivity index (χ1v) is 6.72. The number of carbonyl (C=O) groups is 1. The molecule has 1 N–H and O–H groups in total. The molecule has 0 fully saturated rings. The predicted octanol–water partition coefficient (Wildman–Crippen LogP) is 2.44. The van der Waals surface area contributed by atoms with Crippen molar-refractivity contribution in [1.29, 1.82) is 0 Å². The number of anilines is 1. The summed E-state index contributed by atoms with van der Waals surface area (Å²) in [5.74, 6) is 3.02. The second-order valence-corrected chi connectivity index (χ2v) is 4.78. The molecule has 2 heterocycles. The lowest BCUT2D eigenvalue weighted by molar-refractivity contribution is 0.102. The summed E-state index contributed by atoms with van der Waals surface area (Å²) in [4.78, 5) is 12.5. The van der Waals surface area contributed by atoms with Crippen molar-refractivity contribution in [3.05, 3.63) is 66.1 Å². The number of aromatic nitrogens is 3. The summed E-state index contributed by atoms with van der Waals surface area (Å²) in [7, 11) is 1.80. The van der Waals surface area contributed by atoms with Crippen molar-refractivity contribution < 1.29 is 4.79 Å². The fraction of sp³-hybridized carbons (Fsp3) is 0.0588. The molecule has 0 aliphatic heterocycles. The monoisotopic (exact) mass is 290 g/mol. The van der Waals surface area contributed by atoms with Crippen LogP contribution >= 0.6 is 0 Å². The van der Waals surface area contributed by atoms with E-state index in [1.807, 2.05) is 35.2 Å². The number of hydrogen-bond acceptors (Lipinski definition) is 2. The summed E-state index contributed by atoms with van der Waals surface area (Å²) < 4.78 is 3.51. The summed E-state index contributed by atoms with van der Waals surface area (Å²) in [5.41, 5.74) is 1.86. The van der Waals surface area contributed by atoms with Gasteiger partial charge in [0.1, 0.15) is 11.4 Å². The molecule has 3 rings (SSSR count). The molecule has 22 heavy (non-hydrogen) atoms. The Morgan fingerprint density at radius 1 is 1.27 bits per heavy atom. The zero-order chi connectivity index (χ0) is 15.5. The molecule has 2 aromatic heterocycles. The van der Waals surface area contributed by atoms with Gasteiger partial charge in [0, 0.05) is 30.7 Å². The molecule has 0 bridgehead atoms. The lowest BCUT2D eigenvalue weighted by Crippen LogP contribution is -2.15. The largest absolute Gasteiger partial charge is 0.322 e. The Morgan fingerprint density at radius 2 is 2.05 bits per heavy atom. The van der Waals surface area contributed by atoms with Crippen LogP contribution in [0.15, 0.2) is 55.0 Å². The first-order valence-electron chi connectivity index (χ1n) is 6.72. The Morgan fingerprint density at radius 3 is 2.77 bits per heavy atom. The lowest BCUT2D eigenvalue weighted by Gasteiger charge is -2.08. The average Bonchev–Trinajstić information content (AvgIpc) is 3.16. The van der Waals surface area contributed by atoms with E-state index in [-0.39, 0.29) is 5.91 Å². The minimum absolute atomic E-state index is 0.231. The summed E-state index contributed by atoms with van der Waals surface area (Å²) in [6.07, 6.45) is 10.7. The van der Waals surface area contributed by atoms with Crippen LogP contribution in [0.3, 0.4) is 0 Å². The molecule has 5 nitrogen and oxygen atoms in total. The molecule has 1 aromatic carbocycles. The highest BCUT2D eigenvalue weighted by atomic mass is 16.1. The second kappa shape index (κ2) is 5.62. The Hall–Kier alpha value is -3.26. The highest BCUT2D eigenvalue weighted by Gasteiger charge is 2.17. The van der Waals surface area contributed by atoms with Crippen LogP contribution in [0.25, 0.3) is 5.82 Å². The normalized spacial score (nSPS) is 10.2. The summed E-state index contributed by atoms with van der Waals surface area (Å²) in [6.45, 7) is 0. The van der Waals surface area contributed by atoms with Crippen LogP contribution in [-0.2, 0) is 7.05 Å². The van der Waals surface area contributed by atoms with E-state index in [4.69, 9.17) is 6.42 Å². The van der Waals surface area contributed by atoms with Gasteiger partial charge in [-0.3, -0.25) is 9.48 Å². The van der Waals surface area contributed by atoms with Gasteiger partial charge in [-0.1, -0.05) is 12.0 Å². The fourth-order valence-corrected chi connectivity index (χ4v) is 2.26. The Balaban J connectivity index is 1.92. The van der Waals surface area contributed by atoms with Crippen LogP contribution in [-0.4, -0.2) is 20.3 Å². The van der Waals surface area contributed by atoms with E-state index in [9.17, 15) is 4.79 Å². The SMILES string of the molecule is C#Cc1cccc(NC(=O)c2cnn(C)c2-n2cccc2)c1. The number of nitrogens with zero attached hydrogens (tertiary/aromatic N) is 3. The average molecular weight is 290 g/mol. The van der Waals surface area contributed by atoms with E-state index >= 15 is 0 Å². The minimum atomic E-state index is -0.231. The summed E-state index contributed by atoms with van der Waals surface area (Å²) in [6, 6.07) is 11.0. The van der Waals surface area contributed by atoms with Crippen LogP contribution in [0.5, 0.6) is 0 Å². The maximum atomic E-state index is 12.5. The van der Waals surface area contributed by atoms with Crippen molar-refractivity contribution in [2.45, 2.75) is 0 Å². The number of nitrogens with one attached hydrogen (secondary N) is 1. The smallest absolute Gasteiger partial charge is 0.261 e. The van der Waals surface area contributed by atoms with Crippen molar-refractivity contribution in [3.8, 4) is 18.2 Å². The quantitative estimate of drug-likeness (QED) is 0.753. The standard InChI is InChI=1S/C17H14N4O/c1-3-13-7-6-8-14(11-13)19-16(22)15-12-18-20(2)17(15)21-9-4-5-10-21/h1,4-12H,2H3,(H,19,22). The van der Waals surface area contributed by atoms with Gasteiger partial charge in [-0.2, -0.15) is 5.10 Å². The van der Waals surface area contributed by atoms with E-state index in [0.717, 1.165) is 5.56 Å². The lowest BCUT2D eigenvalue weighted by atomic mass is 10.2. The van der Waals surface area contributed by atoms with Crippen LogP contribution in [0.1, 0.15) is 15.9 Å². The number of terminal acetylenes is 1. The maximum absolute atomic E-state index is 12.5. The van der Waals surface area contributed by atoms with Gasteiger partial charge in [-0.15, -0.1) is 6.42 Å². The Bertz CT molecular complexity index is 853. The van der Waals surface area contributed by atoms with Gasteiger partial charge in [-0.25, -0.2) is 0 Å². The maximum Gasteiger partial charge on any atom is 0.261 e. The van der Waals surface area contributed by atoms with Gasteiger partial charge in [0.05, 0.1) is 6.20 Å². The van der Waals surface area contributed by atoms with Crippen LogP contribution in [0, 0.1) is 12.3 Å². The number of hydrogen-bond donors (Lipinski definition) is 1. The molecular weight excluding hydrogens is 276 g/mol. The highest BCUT2D eigenvalue weighted by molar-refractivity contribution is 6.06. The first-order chi connectivity index (χ1) is 10.7. The molecule has 0 saturated heterocycles. The van der Waals surface area contributed by atoms with E-state index in [1.54, 1.807) is 36.1 Å². The van der Waals surface area contributed by atoms with Gasteiger partial charge in [-0.05, 0) is 30.3 Å². The van der Waals surface area contributed by atoms with Crippen molar-refractivity contribution in [2.75, 3.05) is 5.32 Å². The summed E-state index contributed by atoms with van der Waals surface area (Å²) >= 11 is 0. The second-order valence-electron chi connectivity index (χ2n) is 4.78. The highest BCUT2D eigenvalue weighted by Crippen LogP contribution is 2.17. The molecule has 0 radical (unpaired) electrons. The molecule has 5 heteroatoms. The zero-order valence-corrected chi connectivity index (χ0v) is 12.0. The molecule has 0 atom stereocenters. The molecule has 0 aliphatic carbocycles. The van der Waals surface area contributed by atoms with Gasteiger partial charge in [0.25, 0.3) is 5.91 Å². The number of benzene rings is 1. The fourth-order valence-electron chi connectivity index (χ4n) is 2.26. The molecule has 0 saturated carbocycles. The van der Waals surface area contributed by atoms with E-state index < -0.39 is 0 Å².